The van der Waals surface area contributed by atoms with Crippen LogP contribution in [0.25, 0.3) is 0 Å². The molecule has 3 nitrogen and oxygen atoms in total. The number of carbonyl (C=O) groups excluding carboxylic acids is 1. The van der Waals surface area contributed by atoms with Crippen molar-refractivity contribution < 1.29 is 4.79 Å². The molecule has 1 amide bonds. The predicted octanol–water partition coefficient (Wildman–Crippen LogP) is 2.20. The van der Waals surface area contributed by atoms with Crippen LogP contribution in [0.4, 0.5) is 0 Å². The minimum Gasteiger partial charge on any atom is -0.352 e. The van der Waals surface area contributed by atoms with E-state index in [1.165, 1.54) is 12.8 Å². The highest BCUT2D eigenvalue weighted by atomic mass is 35.5. The van der Waals surface area contributed by atoms with E-state index in [0.29, 0.717) is 11.3 Å². The van der Waals surface area contributed by atoms with Gasteiger partial charge >= 0.3 is 0 Å². The summed E-state index contributed by atoms with van der Waals surface area (Å²) in [6.45, 7) is 6.09. The van der Waals surface area contributed by atoms with Gasteiger partial charge in [0.05, 0.1) is 5.41 Å². The second kappa shape index (κ2) is 7.01. The van der Waals surface area contributed by atoms with Crippen molar-refractivity contribution in [2.24, 2.45) is 5.41 Å². The summed E-state index contributed by atoms with van der Waals surface area (Å²) < 4.78 is 0. The molecule has 5 heteroatoms. The molecule has 2 rings (SSSR count). The lowest BCUT2D eigenvalue weighted by molar-refractivity contribution is -0.129. The first kappa shape index (κ1) is 16.1. The van der Waals surface area contributed by atoms with E-state index in [4.69, 9.17) is 0 Å². The summed E-state index contributed by atoms with van der Waals surface area (Å²) in [5.74, 6) is 1.41. The van der Waals surface area contributed by atoms with Gasteiger partial charge in [0.15, 0.2) is 0 Å². The summed E-state index contributed by atoms with van der Waals surface area (Å²) in [5.41, 5.74) is -0.177. The van der Waals surface area contributed by atoms with E-state index in [0.717, 1.165) is 31.7 Å². The van der Waals surface area contributed by atoms with Gasteiger partial charge in [0.2, 0.25) is 5.91 Å². The number of halogens is 1. The highest BCUT2D eigenvalue weighted by Gasteiger charge is 2.39. The van der Waals surface area contributed by atoms with Crippen LogP contribution in [0.2, 0.25) is 0 Å². The third kappa shape index (κ3) is 3.55. The third-order valence-corrected chi connectivity index (χ3v) is 5.39. The van der Waals surface area contributed by atoms with Crippen LogP contribution in [0.1, 0.15) is 39.5 Å². The number of hydrogen-bond acceptors (Lipinski definition) is 3. The van der Waals surface area contributed by atoms with E-state index in [9.17, 15) is 4.79 Å². The fraction of sp³-hybridized carbons (Fsp3) is 0.923. The van der Waals surface area contributed by atoms with Crippen LogP contribution < -0.4 is 10.6 Å². The summed E-state index contributed by atoms with van der Waals surface area (Å²) in [4.78, 5) is 12.3. The fourth-order valence-corrected chi connectivity index (χ4v) is 4.06. The minimum atomic E-state index is -0.177. The summed E-state index contributed by atoms with van der Waals surface area (Å²) in [6, 6.07) is 0.407. The van der Waals surface area contributed by atoms with Gasteiger partial charge in [0.1, 0.15) is 0 Å². The Kier molecular flexibility index (Phi) is 6.28. The van der Waals surface area contributed by atoms with E-state index < -0.39 is 0 Å². The maximum absolute atomic E-state index is 12.3. The van der Waals surface area contributed by atoms with Crippen molar-refractivity contribution in [1.82, 2.24) is 10.6 Å². The van der Waals surface area contributed by atoms with Crippen molar-refractivity contribution in [3.05, 3.63) is 0 Å². The second-order valence-electron chi connectivity index (χ2n) is 5.49. The quantitative estimate of drug-likeness (QED) is 0.835. The predicted molar refractivity (Wildman–Crippen MR) is 80.5 cm³/mol. The van der Waals surface area contributed by atoms with Gasteiger partial charge in [-0.25, -0.2) is 0 Å². The number of nitrogens with one attached hydrogen (secondary N) is 2. The van der Waals surface area contributed by atoms with Gasteiger partial charge in [-0.05, 0) is 38.5 Å². The van der Waals surface area contributed by atoms with Gasteiger partial charge in [-0.1, -0.05) is 13.3 Å². The maximum atomic E-state index is 12.3. The number of thioether (sulfide) groups is 1. The van der Waals surface area contributed by atoms with E-state index in [1.807, 2.05) is 11.8 Å². The van der Waals surface area contributed by atoms with E-state index in [-0.39, 0.29) is 23.7 Å². The smallest absolute Gasteiger partial charge is 0.227 e. The maximum Gasteiger partial charge on any atom is 0.227 e. The normalized spacial score (nSPS) is 35.2. The molecule has 1 saturated carbocycles. The van der Waals surface area contributed by atoms with E-state index >= 15 is 0 Å². The molecule has 3 unspecified atom stereocenters. The number of hydrogen-bond donors (Lipinski definition) is 2. The molecule has 0 aromatic heterocycles. The van der Waals surface area contributed by atoms with E-state index in [2.05, 4.69) is 24.5 Å². The lowest BCUT2D eigenvalue weighted by atomic mass is 9.88. The van der Waals surface area contributed by atoms with Gasteiger partial charge in [-0.3, -0.25) is 4.79 Å². The van der Waals surface area contributed by atoms with Crippen molar-refractivity contribution in [2.75, 3.05) is 18.8 Å². The molecule has 2 aliphatic rings. The molecule has 0 radical (unpaired) electrons. The molecule has 0 bridgehead atoms. The van der Waals surface area contributed by atoms with Crippen LogP contribution in [0.5, 0.6) is 0 Å². The van der Waals surface area contributed by atoms with Gasteiger partial charge in [0, 0.05) is 17.8 Å². The molecule has 0 spiro atoms. The highest BCUT2D eigenvalue weighted by molar-refractivity contribution is 7.99. The number of rotatable bonds is 4. The summed E-state index contributed by atoms with van der Waals surface area (Å²) in [5, 5.41) is 7.23. The Labute approximate surface area is 121 Å². The Balaban J connectivity index is 0.00000162. The standard InChI is InChI=1S/C13H24N2OS.ClH/c1-3-17-11-6-4-5-10(11)15-12(16)13(2)7-8-14-9-13;/h10-11,14H,3-9H2,1-2H3,(H,15,16);1H. The first-order valence-corrected chi connectivity index (χ1v) is 7.84. The zero-order valence-electron chi connectivity index (χ0n) is 11.3. The van der Waals surface area contributed by atoms with Crippen LogP contribution in [0.15, 0.2) is 0 Å². The van der Waals surface area contributed by atoms with E-state index in [1.54, 1.807) is 0 Å². The molecule has 1 saturated heterocycles. The van der Waals surface area contributed by atoms with Crippen molar-refractivity contribution in [3.8, 4) is 0 Å². The Morgan fingerprint density at radius 3 is 2.89 bits per heavy atom. The van der Waals surface area contributed by atoms with Crippen LogP contribution in [-0.4, -0.2) is 36.0 Å². The molecule has 2 N–H and O–H groups in total. The van der Waals surface area contributed by atoms with Crippen molar-refractivity contribution in [3.63, 3.8) is 0 Å². The van der Waals surface area contributed by atoms with Crippen LogP contribution in [0, 0.1) is 5.41 Å². The number of carbonyl (C=O) groups is 1. The van der Waals surface area contributed by atoms with Gasteiger partial charge in [-0.2, -0.15) is 11.8 Å². The zero-order valence-corrected chi connectivity index (χ0v) is 13.0. The fourth-order valence-electron chi connectivity index (χ4n) is 2.86. The molecule has 106 valence electrons. The molecular formula is C13H25ClN2OS. The largest absolute Gasteiger partial charge is 0.352 e. The van der Waals surface area contributed by atoms with Crippen molar-refractivity contribution in [2.45, 2.75) is 50.8 Å². The average Bonchev–Trinajstić information content (AvgIpc) is 2.90. The molecule has 3 atom stereocenters. The molecular weight excluding hydrogens is 268 g/mol. The summed E-state index contributed by atoms with van der Waals surface area (Å²) in [6.07, 6.45) is 4.65. The van der Waals surface area contributed by atoms with Crippen LogP contribution in [-0.2, 0) is 4.79 Å². The molecule has 1 aliphatic heterocycles. The monoisotopic (exact) mass is 292 g/mol. The molecule has 1 aliphatic carbocycles. The average molecular weight is 293 g/mol. The molecule has 18 heavy (non-hydrogen) atoms. The third-order valence-electron chi connectivity index (χ3n) is 4.07. The summed E-state index contributed by atoms with van der Waals surface area (Å²) >= 11 is 2.00. The Hall–Kier alpha value is 0.0700. The second-order valence-corrected chi connectivity index (χ2v) is 7.01. The van der Waals surface area contributed by atoms with Gasteiger partial charge in [-0.15, -0.1) is 12.4 Å². The van der Waals surface area contributed by atoms with Crippen LogP contribution >= 0.6 is 24.2 Å². The van der Waals surface area contributed by atoms with Gasteiger partial charge < -0.3 is 10.6 Å². The van der Waals surface area contributed by atoms with Crippen molar-refractivity contribution in [1.29, 1.82) is 0 Å². The zero-order chi connectivity index (χ0) is 12.3. The highest BCUT2D eigenvalue weighted by Crippen LogP contribution is 2.31. The lowest BCUT2D eigenvalue weighted by Crippen LogP contribution is -2.47. The minimum absolute atomic E-state index is 0. The Bertz CT molecular complexity index is 282. The molecule has 2 fully saturated rings. The molecule has 0 aromatic rings. The molecule has 0 aromatic carbocycles. The van der Waals surface area contributed by atoms with Crippen molar-refractivity contribution >= 4 is 30.1 Å². The van der Waals surface area contributed by atoms with Crippen LogP contribution in [0.3, 0.4) is 0 Å². The molecule has 1 heterocycles. The van der Waals surface area contributed by atoms with Gasteiger partial charge in [0.25, 0.3) is 0 Å². The summed E-state index contributed by atoms with van der Waals surface area (Å²) in [7, 11) is 0. The topological polar surface area (TPSA) is 41.1 Å². The SMILES string of the molecule is CCSC1CCCC1NC(=O)C1(C)CCNC1.Cl. The Morgan fingerprint density at radius 1 is 1.50 bits per heavy atom. The first-order valence-electron chi connectivity index (χ1n) is 6.79. The number of amides is 1. The Morgan fingerprint density at radius 2 is 2.28 bits per heavy atom. The first-order chi connectivity index (χ1) is 8.15. The lowest BCUT2D eigenvalue weighted by Gasteiger charge is -2.27.